The minimum Gasteiger partial charge on any atom is -0.269 e. The van der Waals surface area contributed by atoms with E-state index >= 15 is 0 Å². The third kappa shape index (κ3) is 4.51. The minimum atomic E-state index is -3.61. The zero-order valence-corrected chi connectivity index (χ0v) is 13.1. The Labute approximate surface area is 128 Å². The van der Waals surface area contributed by atoms with Gasteiger partial charge in [-0.15, -0.1) is 0 Å². The van der Waals surface area contributed by atoms with E-state index in [1.54, 1.807) is 25.1 Å². The van der Waals surface area contributed by atoms with Crippen LogP contribution < -0.4 is 4.72 Å². The van der Waals surface area contributed by atoms with Gasteiger partial charge in [0, 0.05) is 15.6 Å². The summed E-state index contributed by atoms with van der Waals surface area (Å²) in [6, 6.07) is 5.25. The third-order valence-electron chi connectivity index (χ3n) is 2.63. The quantitative estimate of drug-likeness (QED) is 0.678. The zero-order valence-electron chi connectivity index (χ0n) is 10.8. The Morgan fingerprint density at radius 2 is 1.95 bits per heavy atom. The maximum absolute atomic E-state index is 11.9. The number of aliphatic imine (C=N–C) groups is 1. The molecule has 4 nitrogen and oxygen atoms in total. The Hall–Kier alpha value is -1.04. The normalized spacial score (nSPS) is 16.6. The van der Waals surface area contributed by atoms with E-state index in [0.29, 0.717) is 21.4 Å². The van der Waals surface area contributed by atoms with Crippen LogP contribution in [0.15, 0.2) is 28.6 Å². The first-order valence-electron chi connectivity index (χ1n) is 6.07. The van der Waals surface area contributed by atoms with Crippen molar-refractivity contribution < 1.29 is 8.42 Å². The maximum atomic E-state index is 11.9. The van der Waals surface area contributed by atoms with Gasteiger partial charge in [0.15, 0.2) is 0 Å². The maximum Gasteiger partial charge on any atom is 0.255 e. The molecule has 0 spiro atoms. The van der Waals surface area contributed by atoms with Crippen molar-refractivity contribution in [2.75, 3.05) is 0 Å². The molecule has 108 valence electrons. The zero-order chi connectivity index (χ0) is 14.8. The van der Waals surface area contributed by atoms with Crippen molar-refractivity contribution in [1.29, 1.82) is 0 Å². The fraction of sp³-hybridized carbons (Fsp3) is 0.308. The van der Waals surface area contributed by atoms with Crippen LogP contribution in [0, 0.1) is 0 Å². The van der Waals surface area contributed by atoms with Gasteiger partial charge in [0.1, 0.15) is 5.84 Å². The molecule has 0 aliphatic heterocycles. The van der Waals surface area contributed by atoms with E-state index < -0.39 is 10.0 Å². The molecule has 1 aromatic carbocycles. The van der Waals surface area contributed by atoms with Crippen LogP contribution >= 0.6 is 23.2 Å². The van der Waals surface area contributed by atoms with E-state index in [4.69, 9.17) is 23.2 Å². The monoisotopic (exact) mass is 332 g/mol. The first kappa shape index (κ1) is 15.4. The van der Waals surface area contributed by atoms with Crippen molar-refractivity contribution in [3.05, 3.63) is 39.2 Å². The first-order valence-corrected chi connectivity index (χ1v) is 8.37. The molecule has 1 saturated carbocycles. The average molecular weight is 333 g/mol. The first-order chi connectivity index (χ1) is 9.37. The topological polar surface area (TPSA) is 58.5 Å². The van der Waals surface area contributed by atoms with Crippen LogP contribution in [-0.2, 0) is 10.0 Å². The highest BCUT2D eigenvalue weighted by atomic mass is 35.5. The summed E-state index contributed by atoms with van der Waals surface area (Å²) in [6.45, 7) is 1.63. The summed E-state index contributed by atoms with van der Waals surface area (Å²) in [5.41, 5.74) is 0.470. The van der Waals surface area contributed by atoms with Crippen LogP contribution in [0.2, 0.25) is 10.0 Å². The molecule has 0 unspecified atom stereocenters. The fourth-order valence-corrected chi connectivity index (χ4v) is 2.94. The smallest absolute Gasteiger partial charge is 0.255 e. The van der Waals surface area contributed by atoms with Gasteiger partial charge in [0.25, 0.3) is 10.0 Å². The van der Waals surface area contributed by atoms with Crippen molar-refractivity contribution in [2.45, 2.75) is 25.8 Å². The van der Waals surface area contributed by atoms with Crippen molar-refractivity contribution in [1.82, 2.24) is 4.72 Å². The number of hydrogen-bond acceptors (Lipinski definition) is 3. The van der Waals surface area contributed by atoms with E-state index in [2.05, 4.69) is 9.71 Å². The highest BCUT2D eigenvalue weighted by molar-refractivity contribution is 7.93. The molecule has 0 atom stereocenters. The van der Waals surface area contributed by atoms with Crippen molar-refractivity contribution >= 4 is 45.1 Å². The van der Waals surface area contributed by atoms with Gasteiger partial charge in [-0.25, -0.2) is 8.42 Å². The van der Waals surface area contributed by atoms with Gasteiger partial charge < -0.3 is 0 Å². The van der Waals surface area contributed by atoms with Crippen LogP contribution in [0.4, 0.5) is 0 Å². The van der Waals surface area contributed by atoms with E-state index in [1.165, 1.54) is 6.08 Å². The second kappa shape index (κ2) is 6.16. The Morgan fingerprint density at radius 1 is 1.35 bits per heavy atom. The average Bonchev–Trinajstić information content (AvgIpc) is 3.11. The fourth-order valence-electron chi connectivity index (χ4n) is 1.57. The SMILES string of the molecule is CC(=NC1CC1)NS(=O)(=O)C=Cc1c(Cl)cccc1Cl. The second-order valence-electron chi connectivity index (χ2n) is 4.53. The Kier molecular flexibility index (Phi) is 4.73. The van der Waals surface area contributed by atoms with Crippen LogP contribution in [0.1, 0.15) is 25.3 Å². The molecule has 0 bridgehead atoms. The molecular formula is C13H14Cl2N2O2S. The molecule has 7 heteroatoms. The molecule has 1 aliphatic rings. The molecule has 2 rings (SSSR count). The number of hydrogen-bond donors (Lipinski definition) is 1. The molecule has 1 aliphatic carbocycles. The second-order valence-corrected chi connectivity index (χ2v) is 6.91. The summed E-state index contributed by atoms with van der Waals surface area (Å²) in [6.07, 6.45) is 3.41. The van der Waals surface area contributed by atoms with E-state index in [1.807, 2.05) is 0 Å². The molecule has 1 N–H and O–H groups in total. The number of benzene rings is 1. The summed E-state index contributed by atoms with van der Waals surface area (Å²) in [7, 11) is -3.61. The summed E-state index contributed by atoms with van der Waals surface area (Å²) < 4.78 is 26.1. The highest BCUT2D eigenvalue weighted by Gasteiger charge is 2.20. The predicted octanol–water partition coefficient (Wildman–Crippen LogP) is 3.46. The molecule has 0 aromatic heterocycles. The van der Waals surface area contributed by atoms with Gasteiger partial charge >= 0.3 is 0 Å². The standard InChI is InChI=1S/C13H14Cl2N2O2S/c1-9(16-10-5-6-10)17-20(18,19)8-7-11-12(14)3-2-4-13(11)15/h2-4,7-8,10H,5-6H2,1H3,(H,16,17). The van der Waals surface area contributed by atoms with E-state index in [9.17, 15) is 8.42 Å². The van der Waals surface area contributed by atoms with Gasteiger partial charge in [-0.2, -0.15) is 0 Å². The van der Waals surface area contributed by atoms with Crippen molar-refractivity contribution in [2.24, 2.45) is 4.99 Å². The number of nitrogens with one attached hydrogen (secondary N) is 1. The van der Waals surface area contributed by atoms with Gasteiger partial charge in [-0.1, -0.05) is 29.3 Å². The number of halogens is 2. The number of nitrogens with zero attached hydrogens (tertiary/aromatic N) is 1. The third-order valence-corrected chi connectivity index (χ3v) is 4.36. The number of amidine groups is 1. The predicted molar refractivity (Wildman–Crippen MR) is 83.7 cm³/mol. The lowest BCUT2D eigenvalue weighted by molar-refractivity contribution is 0.601. The van der Waals surface area contributed by atoms with E-state index in [-0.39, 0.29) is 6.04 Å². The van der Waals surface area contributed by atoms with Crippen molar-refractivity contribution in [3.63, 3.8) is 0 Å². The molecule has 1 aromatic rings. The van der Waals surface area contributed by atoms with Gasteiger partial charge in [0.2, 0.25) is 0 Å². The number of rotatable bonds is 4. The number of sulfonamides is 1. The molecule has 20 heavy (non-hydrogen) atoms. The van der Waals surface area contributed by atoms with Gasteiger partial charge in [0.05, 0.1) is 11.4 Å². The van der Waals surface area contributed by atoms with Crippen LogP contribution in [0.3, 0.4) is 0 Å². The Bertz CT molecular complexity index is 645. The summed E-state index contributed by atoms with van der Waals surface area (Å²) >= 11 is 11.9. The van der Waals surface area contributed by atoms with Crippen LogP contribution in [0.5, 0.6) is 0 Å². The lowest BCUT2D eigenvalue weighted by atomic mass is 10.2. The van der Waals surface area contributed by atoms with Crippen molar-refractivity contribution in [3.8, 4) is 0 Å². The van der Waals surface area contributed by atoms with Gasteiger partial charge in [-0.3, -0.25) is 9.71 Å². The van der Waals surface area contributed by atoms with E-state index in [0.717, 1.165) is 18.2 Å². The van der Waals surface area contributed by atoms with Gasteiger partial charge in [-0.05, 0) is 38.0 Å². The highest BCUT2D eigenvalue weighted by Crippen LogP contribution is 2.26. The molecule has 0 heterocycles. The Balaban J connectivity index is 2.13. The lowest BCUT2D eigenvalue weighted by Crippen LogP contribution is -2.26. The van der Waals surface area contributed by atoms with Crippen LogP contribution in [-0.4, -0.2) is 20.3 Å². The summed E-state index contributed by atoms with van der Waals surface area (Å²) in [5, 5.41) is 1.83. The summed E-state index contributed by atoms with van der Waals surface area (Å²) in [4.78, 5) is 4.20. The molecular weight excluding hydrogens is 319 g/mol. The lowest BCUT2D eigenvalue weighted by Gasteiger charge is -2.04. The largest absolute Gasteiger partial charge is 0.269 e. The summed E-state index contributed by atoms with van der Waals surface area (Å²) in [5.74, 6) is 0.391. The molecule has 0 amide bonds. The minimum absolute atomic E-state index is 0.264. The molecule has 0 radical (unpaired) electrons. The molecule has 0 saturated heterocycles. The van der Waals surface area contributed by atoms with Crippen LogP contribution in [0.25, 0.3) is 6.08 Å². The Morgan fingerprint density at radius 3 is 2.50 bits per heavy atom. The molecule has 1 fully saturated rings.